The summed E-state index contributed by atoms with van der Waals surface area (Å²) in [5, 5.41) is 7.72. The second kappa shape index (κ2) is 9.29. The lowest BCUT2D eigenvalue weighted by molar-refractivity contribution is 0.102. The molecule has 0 saturated heterocycles. The molecule has 2 aromatic carbocycles. The van der Waals surface area contributed by atoms with Crippen LogP contribution in [0, 0.1) is 0 Å². The molecule has 170 valence electrons. The number of methoxy groups -OCH3 is 1. The van der Waals surface area contributed by atoms with Crippen molar-refractivity contribution in [3.8, 4) is 17.2 Å². The minimum Gasteiger partial charge on any atom is -0.493 e. The summed E-state index contributed by atoms with van der Waals surface area (Å²) in [6, 6.07) is 18.2. The van der Waals surface area contributed by atoms with E-state index in [4.69, 9.17) is 21.1 Å². The number of aromatic nitrogens is 4. The number of amides is 1. The lowest BCUT2D eigenvalue weighted by Gasteiger charge is -2.12. The van der Waals surface area contributed by atoms with Gasteiger partial charge in [-0.05, 0) is 42.5 Å². The minimum atomic E-state index is -0.301. The molecule has 0 bridgehead atoms. The highest BCUT2D eigenvalue weighted by Gasteiger charge is 2.13. The van der Waals surface area contributed by atoms with Gasteiger partial charge < -0.3 is 19.2 Å². The van der Waals surface area contributed by atoms with Gasteiger partial charge in [0.2, 0.25) is 0 Å². The van der Waals surface area contributed by atoms with Crippen LogP contribution in [0.5, 0.6) is 11.5 Å². The van der Waals surface area contributed by atoms with Crippen LogP contribution in [0.15, 0.2) is 85.5 Å². The van der Waals surface area contributed by atoms with Gasteiger partial charge in [0, 0.05) is 35.4 Å². The van der Waals surface area contributed by atoms with Crippen molar-refractivity contribution < 1.29 is 14.3 Å². The van der Waals surface area contributed by atoms with Crippen molar-refractivity contribution in [3.05, 3.63) is 102 Å². The Morgan fingerprint density at radius 3 is 2.79 bits per heavy atom. The number of ether oxygens (including phenoxy) is 2. The number of pyridine rings is 1. The molecule has 3 aromatic heterocycles. The standard InChI is InChI=1S/C25H20ClN5O3/c1-33-22-9-8-19(12-23(22)34-16-20-15-30-10-3-2-7-24(30)28-20)29-25(32)17-13-27-31(14-17)21-6-4-5-18(26)11-21/h2-15H,16H2,1H3,(H,29,32). The summed E-state index contributed by atoms with van der Waals surface area (Å²) in [4.78, 5) is 17.3. The Morgan fingerprint density at radius 2 is 1.97 bits per heavy atom. The molecule has 0 unspecified atom stereocenters. The highest BCUT2D eigenvalue weighted by atomic mass is 35.5. The third-order valence-electron chi connectivity index (χ3n) is 5.13. The molecule has 34 heavy (non-hydrogen) atoms. The van der Waals surface area contributed by atoms with Gasteiger partial charge in [-0.15, -0.1) is 0 Å². The number of nitrogens with zero attached hydrogens (tertiary/aromatic N) is 4. The number of benzene rings is 2. The van der Waals surface area contributed by atoms with Crippen molar-refractivity contribution in [3.63, 3.8) is 0 Å². The molecule has 8 nitrogen and oxygen atoms in total. The largest absolute Gasteiger partial charge is 0.493 e. The summed E-state index contributed by atoms with van der Waals surface area (Å²) in [5.74, 6) is 0.743. The summed E-state index contributed by atoms with van der Waals surface area (Å²) < 4.78 is 14.9. The topological polar surface area (TPSA) is 82.7 Å². The monoisotopic (exact) mass is 473 g/mol. The maximum atomic E-state index is 12.8. The van der Waals surface area contributed by atoms with Crippen molar-refractivity contribution in [1.29, 1.82) is 0 Å². The van der Waals surface area contributed by atoms with Gasteiger partial charge in [0.15, 0.2) is 11.5 Å². The fourth-order valence-corrected chi connectivity index (χ4v) is 3.66. The van der Waals surface area contributed by atoms with Crippen molar-refractivity contribution >= 4 is 28.8 Å². The number of hydrogen-bond acceptors (Lipinski definition) is 5. The van der Waals surface area contributed by atoms with E-state index in [2.05, 4.69) is 15.4 Å². The molecule has 0 aliphatic carbocycles. The Hall–Kier alpha value is -4.30. The lowest BCUT2D eigenvalue weighted by Crippen LogP contribution is -2.11. The van der Waals surface area contributed by atoms with Gasteiger partial charge in [-0.25, -0.2) is 9.67 Å². The minimum absolute atomic E-state index is 0.252. The average molecular weight is 474 g/mol. The molecule has 5 rings (SSSR count). The first-order chi connectivity index (χ1) is 16.6. The fourth-order valence-electron chi connectivity index (χ4n) is 3.48. The van der Waals surface area contributed by atoms with Gasteiger partial charge in [-0.1, -0.05) is 23.7 Å². The summed E-state index contributed by atoms with van der Waals surface area (Å²) in [5.41, 5.74) is 3.34. The molecular formula is C25H20ClN5O3. The highest BCUT2D eigenvalue weighted by molar-refractivity contribution is 6.30. The van der Waals surface area contributed by atoms with E-state index in [0.717, 1.165) is 17.0 Å². The van der Waals surface area contributed by atoms with E-state index in [0.29, 0.717) is 27.8 Å². The van der Waals surface area contributed by atoms with Crippen LogP contribution in [0.2, 0.25) is 5.02 Å². The van der Waals surface area contributed by atoms with Crippen molar-refractivity contribution in [2.75, 3.05) is 12.4 Å². The molecular weight excluding hydrogens is 454 g/mol. The normalized spacial score (nSPS) is 10.9. The Balaban J connectivity index is 1.30. The van der Waals surface area contributed by atoms with Crippen molar-refractivity contribution in [1.82, 2.24) is 19.2 Å². The smallest absolute Gasteiger partial charge is 0.258 e. The third-order valence-corrected chi connectivity index (χ3v) is 5.36. The van der Waals surface area contributed by atoms with E-state index >= 15 is 0 Å². The maximum absolute atomic E-state index is 12.8. The van der Waals surface area contributed by atoms with Gasteiger partial charge in [-0.3, -0.25) is 4.79 Å². The Bertz CT molecular complexity index is 1440. The van der Waals surface area contributed by atoms with E-state index in [9.17, 15) is 4.79 Å². The first kappa shape index (κ1) is 21.5. The van der Waals surface area contributed by atoms with Crippen LogP contribution in [0.1, 0.15) is 16.1 Å². The van der Waals surface area contributed by atoms with Crippen LogP contribution >= 0.6 is 11.6 Å². The van der Waals surface area contributed by atoms with E-state index in [1.165, 1.54) is 6.20 Å². The molecule has 0 radical (unpaired) electrons. The fraction of sp³-hybridized carbons (Fsp3) is 0.0800. The van der Waals surface area contributed by atoms with Gasteiger partial charge in [0.25, 0.3) is 5.91 Å². The van der Waals surface area contributed by atoms with E-state index < -0.39 is 0 Å². The summed E-state index contributed by atoms with van der Waals surface area (Å²) in [6.07, 6.45) is 6.98. The molecule has 1 amide bonds. The van der Waals surface area contributed by atoms with Crippen LogP contribution in [0.3, 0.4) is 0 Å². The van der Waals surface area contributed by atoms with Crippen molar-refractivity contribution in [2.24, 2.45) is 0 Å². The van der Waals surface area contributed by atoms with Crippen LogP contribution in [0.4, 0.5) is 5.69 Å². The van der Waals surface area contributed by atoms with Gasteiger partial charge in [0.05, 0.1) is 30.3 Å². The molecule has 0 spiro atoms. The van der Waals surface area contributed by atoms with E-state index in [1.807, 2.05) is 47.1 Å². The van der Waals surface area contributed by atoms with Crippen molar-refractivity contribution in [2.45, 2.75) is 6.61 Å². The van der Waals surface area contributed by atoms with Crippen LogP contribution in [0.25, 0.3) is 11.3 Å². The highest BCUT2D eigenvalue weighted by Crippen LogP contribution is 2.31. The second-order valence-electron chi connectivity index (χ2n) is 7.46. The number of rotatable bonds is 7. The number of fused-ring (bicyclic) bond motifs is 1. The Labute approximate surface area is 200 Å². The van der Waals surface area contributed by atoms with E-state index in [-0.39, 0.29) is 12.5 Å². The number of carbonyl (C=O) groups excluding carboxylic acids is 1. The Morgan fingerprint density at radius 1 is 1.06 bits per heavy atom. The number of halogens is 1. The molecule has 0 atom stereocenters. The third kappa shape index (κ3) is 4.57. The molecule has 0 fully saturated rings. The quantitative estimate of drug-likeness (QED) is 0.359. The zero-order valence-electron chi connectivity index (χ0n) is 18.2. The summed E-state index contributed by atoms with van der Waals surface area (Å²) in [7, 11) is 1.57. The molecule has 5 aromatic rings. The number of imidazole rings is 1. The van der Waals surface area contributed by atoms with Gasteiger partial charge >= 0.3 is 0 Å². The lowest BCUT2D eigenvalue weighted by atomic mass is 10.2. The van der Waals surface area contributed by atoms with Crippen LogP contribution in [-0.2, 0) is 6.61 Å². The van der Waals surface area contributed by atoms with Gasteiger partial charge in [0.1, 0.15) is 12.3 Å². The molecule has 0 aliphatic heterocycles. The number of nitrogens with one attached hydrogen (secondary N) is 1. The number of hydrogen-bond donors (Lipinski definition) is 1. The predicted octanol–water partition coefficient (Wildman–Crippen LogP) is 5.01. The zero-order valence-corrected chi connectivity index (χ0v) is 18.9. The maximum Gasteiger partial charge on any atom is 0.258 e. The zero-order chi connectivity index (χ0) is 23.5. The first-order valence-electron chi connectivity index (χ1n) is 10.4. The van der Waals surface area contributed by atoms with E-state index in [1.54, 1.807) is 48.3 Å². The molecule has 3 heterocycles. The predicted molar refractivity (Wildman–Crippen MR) is 129 cm³/mol. The van der Waals surface area contributed by atoms with Crippen LogP contribution < -0.4 is 14.8 Å². The summed E-state index contributed by atoms with van der Waals surface area (Å²) >= 11 is 6.05. The molecule has 9 heteroatoms. The Kier molecular flexibility index (Phi) is 5.88. The number of anilines is 1. The molecule has 0 aliphatic rings. The first-order valence-corrected chi connectivity index (χ1v) is 10.8. The molecule has 1 N–H and O–H groups in total. The second-order valence-corrected chi connectivity index (χ2v) is 7.90. The molecule has 0 saturated carbocycles. The number of carbonyl (C=O) groups is 1. The SMILES string of the molecule is COc1ccc(NC(=O)c2cnn(-c3cccc(Cl)c3)c2)cc1OCc1cn2ccccc2n1. The summed E-state index contributed by atoms with van der Waals surface area (Å²) in [6.45, 7) is 0.252. The average Bonchev–Trinajstić information content (AvgIpc) is 3.50. The van der Waals surface area contributed by atoms with Gasteiger partial charge in [-0.2, -0.15) is 5.10 Å². The van der Waals surface area contributed by atoms with Crippen LogP contribution in [-0.4, -0.2) is 32.2 Å².